The number of fused-ring (bicyclic) bond motifs is 1. The van der Waals surface area contributed by atoms with Gasteiger partial charge in [-0.1, -0.05) is 24.3 Å². The normalized spacial score (nSPS) is 15.2. The molecule has 0 unspecified atom stereocenters. The van der Waals surface area contributed by atoms with Crippen molar-refractivity contribution in [2.75, 3.05) is 25.8 Å². The first-order chi connectivity index (χ1) is 18.4. The molecule has 2 aliphatic heterocycles. The van der Waals surface area contributed by atoms with Gasteiger partial charge in [0, 0.05) is 17.3 Å². The molecule has 2 heterocycles. The summed E-state index contributed by atoms with van der Waals surface area (Å²) in [6.45, 7) is -0.330. The minimum Gasteiger partial charge on any atom is -0.493 e. The van der Waals surface area contributed by atoms with Gasteiger partial charge in [-0.15, -0.1) is 0 Å². The van der Waals surface area contributed by atoms with Crippen molar-refractivity contribution in [3.63, 3.8) is 0 Å². The lowest BCUT2D eigenvalue weighted by atomic mass is 10.1. The maximum Gasteiger partial charge on any atom is 0.294 e. The third-order valence-electron chi connectivity index (χ3n) is 5.66. The Balaban J connectivity index is 1.24. The zero-order valence-electron chi connectivity index (χ0n) is 20.1. The highest BCUT2D eigenvalue weighted by Gasteiger charge is 2.36. The molecule has 0 bridgehead atoms. The van der Waals surface area contributed by atoms with Crippen LogP contribution in [-0.2, 0) is 16.2 Å². The van der Waals surface area contributed by atoms with Gasteiger partial charge in [0.05, 0.1) is 12.0 Å². The molecule has 0 saturated carbocycles. The lowest BCUT2D eigenvalue weighted by Gasteiger charge is -2.13. The standard InChI is InChI=1S/C27H21FN2O7S/c1-34-22-10-16(6-8-20(22)35-14-17-4-2-3-5-19(17)28)11-24-26(32)30(27(33)38-24)13-25(31)29-18-7-9-21-23(12-18)37-15-36-21/h2-12H,13-15H2,1H3,(H,29,31)/b24-11+. The number of nitrogens with one attached hydrogen (secondary N) is 1. The third-order valence-corrected chi connectivity index (χ3v) is 6.57. The van der Waals surface area contributed by atoms with Gasteiger partial charge in [0.2, 0.25) is 12.7 Å². The van der Waals surface area contributed by atoms with Gasteiger partial charge < -0.3 is 24.3 Å². The van der Waals surface area contributed by atoms with Crippen LogP contribution in [0.3, 0.4) is 0 Å². The minimum atomic E-state index is -0.584. The van der Waals surface area contributed by atoms with Crippen LogP contribution in [0.2, 0.25) is 0 Å². The van der Waals surface area contributed by atoms with Crippen molar-refractivity contribution in [1.82, 2.24) is 4.90 Å². The van der Waals surface area contributed by atoms with Crippen molar-refractivity contribution in [3.8, 4) is 23.0 Å². The summed E-state index contributed by atoms with van der Waals surface area (Å²) in [6.07, 6.45) is 1.53. The van der Waals surface area contributed by atoms with E-state index in [2.05, 4.69) is 5.32 Å². The van der Waals surface area contributed by atoms with E-state index in [9.17, 15) is 18.8 Å². The Hall–Kier alpha value is -4.51. The van der Waals surface area contributed by atoms with E-state index in [0.717, 1.165) is 16.7 Å². The van der Waals surface area contributed by atoms with Gasteiger partial charge in [0.25, 0.3) is 11.1 Å². The van der Waals surface area contributed by atoms with Crippen LogP contribution in [0.1, 0.15) is 11.1 Å². The number of halogens is 1. The van der Waals surface area contributed by atoms with Crippen LogP contribution < -0.4 is 24.3 Å². The average molecular weight is 537 g/mol. The van der Waals surface area contributed by atoms with E-state index in [4.69, 9.17) is 18.9 Å². The lowest BCUT2D eigenvalue weighted by Crippen LogP contribution is -2.36. The third kappa shape index (κ3) is 5.42. The maximum atomic E-state index is 13.9. The number of ether oxygens (including phenoxy) is 4. The number of nitrogens with zero attached hydrogens (tertiary/aromatic N) is 1. The molecule has 2 aliphatic rings. The second kappa shape index (κ2) is 10.9. The molecule has 1 fully saturated rings. The minimum absolute atomic E-state index is 0.00952. The van der Waals surface area contributed by atoms with E-state index in [0.29, 0.717) is 39.8 Å². The number of imide groups is 1. The molecule has 38 heavy (non-hydrogen) atoms. The summed E-state index contributed by atoms with van der Waals surface area (Å²) in [5.74, 6) is 0.337. The molecule has 5 rings (SSSR count). The maximum absolute atomic E-state index is 13.9. The number of amides is 3. The smallest absolute Gasteiger partial charge is 0.294 e. The predicted molar refractivity (Wildman–Crippen MR) is 138 cm³/mol. The van der Waals surface area contributed by atoms with E-state index >= 15 is 0 Å². The molecule has 3 amide bonds. The van der Waals surface area contributed by atoms with Crippen molar-refractivity contribution in [3.05, 3.63) is 82.5 Å². The van der Waals surface area contributed by atoms with Gasteiger partial charge in [-0.05, 0) is 53.7 Å². The van der Waals surface area contributed by atoms with E-state index in [1.165, 1.54) is 19.3 Å². The molecule has 1 N–H and O–H groups in total. The Morgan fingerprint density at radius 2 is 1.89 bits per heavy atom. The number of hydrogen-bond donors (Lipinski definition) is 1. The second-order valence-electron chi connectivity index (χ2n) is 8.17. The van der Waals surface area contributed by atoms with Crippen LogP contribution in [0, 0.1) is 5.82 Å². The quantitative estimate of drug-likeness (QED) is 0.409. The van der Waals surface area contributed by atoms with Crippen LogP contribution in [0.25, 0.3) is 6.08 Å². The van der Waals surface area contributed by atoms with Crippen LogP contribution in [-0.4, -0.2) is 42.4 Å². The second-order valence-corrected chi connectivity index (χ2v) is 9.17. The molecule has 3 aromatic carbocycles. The zero-order chi connectivity index (χ0) is 26.6. The molecule has 194 valence electrons. The van der Waals surface area contributed by atoms with E-state index < -0.39 is 23.6 Å². The number of thioether (sulfide) groups is 1. The number of methoxy groups -OCH3 is 1. The number of benzene rings is 3. The number of rotatable bonds is 8. The number of carbonyl (C=O) groups is 3. The first-order valence-electron chi connectivity index (χ1n) is 11.4. The highest BCUT2D eigenvalue weighted by Crippen LogP contribution is 2.36. The van der Waals surface area contributed by atoms with E-state index in [-0.39, 0.29) is 24.1 Å². The molecule has 0 spiro atoms. The number of hydrogen-bond acceptors (Lipinski definition) is 8. The molecule has 11 heteroatoms. The summed E-state index contributed by atoms with van der Waals surface area (Å²) in [5, 5.41) is 2.09. The van der Waals surface area contributed by atoms with E-state index in [1.54, 1.807) is 54.6 Å². The van der Waals surface area contributed by atoms with Crippen molar-refractivity contribution in [2.24, 2.45) is 0 Å². The van der Waals surface area contributed by atoms with Crippen molar-refractivity contribution >= 4 is 40.6 Å². The molecule has 0 atom stereocenters. The highest BCUT2D eigenvalue weighted by molar-refractivity contribution is 8.18. The number of carbonyl (C=O) groups excluding carboxylic acids is 3. The Morgan fingerprint density at radius 3 is 2.71 bits per heavy atom. The molecule has 0 radical (unpaired) electrons. The fourth-order valence-corrected chi connectivity index (χ4v) is 4.61. The molecule has 0 aromatic heterocycles. The molecule has 3 aromatic rings. The summed E-state index contributed by atoms with van der Waals surface area (Å²) in [7, 11) is 1.46. The van der Waals surface area contributed by atoms with Crippen LogP contribution in [0.5, 0.6) is 23.0 Å². The van der Waals surface area contributed by atoms with Gasteiger partial charge in [-0.3, -0.25) is 19.3 Å². The van der Waals surface area contributed by atoms with Gasteiger partial charge >= 0.3 is 0 Å². The van der Waals surface area contributed by atoms with E-state index in [1.807, 2.05) is 0 Å². The van der Waals surface area contributed by atoms with Crippen LogP contribution >= 0.6 is 11.8 Å². The first kappa shape index (κ1) is 25.2. The van der Waals surface area contributed by atoms with Gasteiger partial charge in [0.15, 0.2) is 23.0 Å². The zero-order valence-corrected chi connectivity index (χ0v) is 20.9. The average Bonchev–Trinajstić information content (AvgIpc) is 3.48. The predicted octanol–water partition coefficient (Wildman–Crippen LogP) is 4.82. The fourth-order valence-electron chi connectivity index (χ4n) is 3.77. The summed E-state index contributed by atoms with van der Waals surface area (Å²) < 4.78 is 35.5. The summed E-state index contributed by atoms with van der Waals surface area (Å²) in [6, 6.07) is 16.1. The topological polar surface area (TPSA) is 103 Å². The SMILES string of the molecule is COc1cc(/C=C2/SC(=O)N(CC(=O)Nc3ccc4c(c3)OCO4)C2=O)ccc1OCc1ccccc1F. The molecule has 9 nitrogen and oxygen atoms in total. The summed E-state index contributed by atoms with van der Waals surface area (Å²) >= 11 is 0.736. The molecular weight excluding hydrogens is 515 g/mol. The fraction of sp³-hybridized carbons (Fsp3) is 0.148. The molecule has 1 saturated heterocycles. The first-order valence-corrected chi connectivity index (χ1v) is 12.2. The molecular formula is C27H21FN2O7S. The van der Waals surface area contributed by atoms with Crippen LogP contribution in [0.15, 0.2) is 65.6 Å². The Morgan fingerprint density at radius 1 is 1.08 bits per heavy atom. The van der Waals surface area contributed by atoms with Gasteiger partial charge in [-0.2, -0.15) is 0 Å². The number of anilines is 1. The van der Waals surface area contributed by atoms with Crippen LogP contribution in [0.4, 0.5) is 14.9 Å². The Bertz CT molecular complexity index is 1460. The van der Waals surface area contributed by atoms with Crippen molar-refractivity contribution in [1.29, 1.82) is 0 Å². The largest absolute Gasteiger partial charge is 0.493 e. The summed E-state index contributed by atoms with van der Waals surface area (Å²) in [4.78, 5) is 38.9. The van der Waals surface area contributed by atoms with Crippen molar-refractivity contribution in [2.45, 2.75) is 6.61 Å². The monoisotopic (exact) mass is 536 g/mol. The van der Waals surface area contributed by atoms with Crippen molar-refractivity contribution < 1.29 is 37.7 Å². The highest BCUT2D eigenvalue weighted by atomic mass is 32.2. The molecule has 0 aliphatic carbocycles. The Kier molecular flexibility index (Phi) is 7.18. The summed E-state index contributed by atoms with van der Waals surface area (Å²) in [5.41, 5.74) is 1.43. The van der Waals surface area contributed by atoms with Gasteiger partial charge in [-0.25, -0.2) is 4.39 Å². The lowest BCUT2D eigenvalue weighted by molar-refractivity contribution is -0.127. The Labute approximate surface area is 221 Å². The van der Waals surface area contributed by atoms with Gasteiger partial charge in [0.1, 0.15) is 19.0 Å².